The minimum atomic E-state index is -0.316. The van der Waals surface area contributed by atoms with Crippen LogP contribution in [-0.2, 0) is 0 Å². The quantitative estimate of drug-likeness (QED) is 0.923. The van der Waals surface area contributed by atoms with Crippen molar-refractivity contribution in [3.63, 3.8) is 0 Å². The van der Waals surface area contributed by atoms with E-state index in [-0.39, 0.29) is 24.0 Å². The molecule has 1 aliphatic rings. The van der Waals surface area contributed by atoms with Crippen LogP contribution in [0.5, 0.6) is 5.75 Å². The van der Waals surface area contributed by atoms with Crippen LogP contribution in [0.25, 0.3) is 0 Å². The first kappa shape index (κ1) is 17.1. The predicted octanol–water partition coefficient (Wildman–Crippen LogP) is 3.36. The molecule has 0 radical (unpaired) electrons. The van der Waals surface area contributed by atoms with Gasteiger partial charge in [-0.1, -0.05) is 11.6 Å². The number of nitrogens with zero attached hydrogens (tertiary/aromatic N) is 1. The van der Waals surface area contributed by atoms with E-state index in [1.54, 1.807) is 18.2 Å². The maximum atomic E-state index is 12.8. The molecule has 4 nitrogen and oxygen atoms in total. The van der Waals surface area contributed by atoms with Gasteiger partial charge in [0.25, 0.3) is 5.91 Å². The van der Waals surface area contributed by atoms with Gasteiger partial charge in [0.2, 0.25) is 0 Å². The van der Waals surface area contributed by atoms with Gasteiger partial charge in [0.15, 0.2) is 0 Å². The molecule has 0 aliphatic carbocycles. The number of amides is 1. The molecule has 122 valence electrons. The van der Waals surface area contributed by atoms with Crippen LogP contribution in [0.1, 0.15) is 44.0 Å². The molecule has 1 atom stereocenters. The second-order valence-corrected chi connectivity index (χ2v) is 6.61. The lowest BCUT2D eigenvalue weighted by Crippen LogP contribution is -2.40. The highest BCUT2D eigenvalue weighted by atomic mass is 35.5. The molecule has 1 N–H and O–H groups in total. The first-order valence-electron chi connectivity index (χ1n) is 7.82. The molecule has 0 saturated carbocycles. The zero-order valence-corrected chi connectivity index (χ0v) is 14.1. The SMILES string of the molecule is CC(C)Oc1ccc(Cl)cc1C(=O)N1CCC(C(C)O)CC1. The van der Waals surface area contributed by atoms with Gasteiger partial charge in [0.05, 0.1) is 17.8 Å². The van der Waals surface area contributed by atoms with E-state index in [0.717, 1.165) is 12.8 Å². The van der Waals surface area contributed by atoms with Gasteiger partial charge in [-0.3, -0.25) is 4.79 Å². The van der Waals surface area contributed by atoms with Crippen LogP contribution in [0.4, 0.5) is 0 Å². The fourth-order valence-electron chi connectivity index (χ4n) is 2.78. The summed E-state index contributed by atoms with van der Waals surface area (Å²) in [7, 11) is 0. The van der Waals surface area contributed by atoms with Crippen LogP contribution >= 0.6 is 11.6 Å². The van der Waals surface area contributed by atoms with Gasteiger partial charge in [-0.2, -0.15) is 0 Å². The van der Waals surface area contributed by atoms with Crippen LogP contribution < -0.4 is 4.74 Å². The van der Waals surface area contributed by atoms with Gasteiger partial charge in [-0.05, 0) is 57.7 Å². The molecule has 22 heavy (non-hydrogen) atoms. The Labute approximate surface area is 137 Å². The van der Waals surface area contributed by atoms with Gasteiger partial charge in [0.1, 0.15) is 5.75 Å². The summed E-state index contributed by atoms with van der Waals surface area (Å²) in [5, 5.41) is 10.2. The van der Waals surface area contributed by atoms with E-state index in [9.17, 15) is 9.90 Å². The lowest BCUT2D eigenvalue weighted by molar-refractivity contribution is 0.0517. The summed E-state index contributed by atoms with van der Waals surface area (Å²) in [4.78, 5) is 14.6. The number of ether oxygens (including phenoxy) is 1. The number of likely N-dealkylation sites (tertiary alicyclic amines) is 1. The van der Waals surface area contributed by atoms with E-state index in [1.807, 2.05) is 25.7 Å². The van der Waals surface area contributed by atoms with Gasteiger partial charge >= 0.3 is 0 Å². The average molecular weight is 326 g/mol. The second-order valence-electron chi connectivity index (χ2n) is 6.18. The number of hydrogen-bond acceptors (Lipinski definition) is 3. The Morgan fingerprint density at radius 3 is 2.50 bits per heavy atom. The third-order valence-corrected chi connectivity index (χ3v) is 4.28. The number of carbonyl (C=O) groups excluding carboxylic acids is 1. The summed E-state index contributed by atoms with van der Waals surface area (Å²) >= 11 is 6.04. The van der Waals surface area contributed by atoms with E-state index >= 15 is 0 Å². The van der Waals surface area contributed by atoms with Gasteiger partial charge in [-0.15, -0.1) is 0 Å². The Morgan fingerprint density at radius 2 is 1.95 bits per heavy atom. The molecule has 1 amide bonds. The first-order chi connectivity index (χ1) is 10.4. The highest BCUT2D eigenvalue weighted by Gasteiger charge is 2.27. The van der Waals surface area contributed by atoms with Crippen LogP contribution in [0.2, 0.25) is 5.02 Å². The Morgan fingerprint density at radius 1 is 1.32 bits per heavy atom. The van der Waals surface area contributed by atoms with Crippen LogP contribution in [0.15, 0.2) is 18.2 Å². The fourth-order valence-corrected chi connectivity index (χ4v) is 2.95. The molecular formula is C17H24ClNO3. The number of aliphatic hydroxyl groups is 1. The third-order valence-electron chi connectivity index (χ3n) is 4.04. The summed E-state index contributed by atoms with van der Waals surface area (Å²) < 4.78 is 5.73. The van der Waals surface area contributed by atoms with E-state index in [2.05, 4.69) is 0 Å². The smallest absolute Gasteiger partial charge is 0.257 e. The van der Waals surface area contributed by atoms with E-state index in [1.165, 1.54) is 0 Å². The Kier molecular flexibility index (Phi) is 5.70. The number of hydrogen-bond donors (Lipinski definition) is 1. The summed E-state index contributed by atoms with van der Waals surface area (Å²) in [5.41, 5.74) is 0.511. The molecule has 1 fully saturated rings. The molecule has 1 unspecified atom stereocenters. The lowest BCUT2D eigenvalue weighted by Gasteiger charge is -2.33. The summed E-state index contributed by atoms with van der Waals surface area (Å²) in [5.74, 6) is 0.791. The number of piperidine rings is 1. The number of aliphatic hydroxyl groups excluding tert-OH is 1. The molecule has 1 aromatic rings. The number of benzene rings is 1. The van der Waals surface area contributed by atoms with Crippen LogP contribution in [-0.4, -0.2) is 41.2 Å². The topological polar surface area (TPSA) is 49.8 Å². The Balaban J connectivity index is 2.14. The number of halogens is 1. The minimum absolute atomic E-state index is 0.00583. The molecule has 1 aliphatic heterocycles. The van der Waals surface area contributed by atoms with Crippen molar-refractivity contribution in [2.45, 2.75) is 45.8 Å². The van der Waals surface area contributed by atoms with Crippen molar-refractivity contribution in [2.24, 2.45) is 5.92 Å². The predicted molar refractivity (Wildman–Crippen MR) is 87.5 cm³/mol. The fraction of sp³-hybridized carbons (Fsp3) is 0.588. The maximum absolute atomic E-state index is 12.8. The Bertz CT molecular complexity index is 523. The van der Waals surface area contributed by atoms with Crippen molar-refractivity contribution < 1.29 is 14.6 Å². The van der Waals surface area contributed by atoms with Crippen molar-refractivity contribution in [3.8, 4) is 5.75 Å². The lowest BCUT2D eigenvalue weighted by atomic mass is 9.92. The zero-order valence-electron chi connectivity index (χ0n) is 13.4. The molecule has 0 aromatic heterocycles. The highest BCUT2D eigenvalue weighted by molar-refractivity contribution is 6.31. The molecule has 0 spiro atoms. The Hall–Kier alpha value is -1.26. The van der Waals surface area contributed by atoms with Crippen molar-refractivity contribution in [2.75, 3.05) is 13.1 Å². The second kappa shape index (κ2) is 7.34. The molecular weight excluding hydrogens is 302 g/mol. The summed E-state index contributed by atoms with van der Waals surface area (Å²) in [6.07, 6.45) is 1.33. The molecule has 1 aromatic carbocycles. The number of carbonyl (C=O) groups is 1. The highest BCUT2D eigenvalue weighted by Crippen LogP contribution is 2.28. The minimum Gasteiger partial charge on any atom is -0.490 e. The van der Waals surface area contributed by atoms with Crippen molar-refractivity contribution in [3.05, 3.63) is 28.8 Å². The standard InChI is InChI=1S/C17H24ClNO3/c1-11(2)22-16-5-4-14(18)10-15(16)17(21)19-8-6-13(7-9-19)12(3)20/h4-5,10-13,20H,6-9H2,1-3H3. The van der Waals surface area contributed by atoms with Gasteiger partial charge in [0, 0.05) is 18.1 Å². The monoisotopic (exact) mass is 325 g/mol. The first-order valence-corrected chi connectivity index (χ1v) is 8.20. The van der Waals surface area contributed by atoms with Crippen LogP contribution in [0.3, 0.4) is 0 Å². The zero-order chi connectivity index (χ0) is 16.3. The van der Waals surface area contributed by atoms with E-state index in [0.29, 0.717) is 29.4 Å². The van der Waals surface area contributed by atoms with Crippen molar-refractivity contribution >= 4 is 17.5 Å². The molecule has 2 rings (SSSR count). The molecule has 1 heterocycles. The summed E-state index contributed by atoms with van der Waals surface area (Å²) in [6, 6.07) is 5.15. The van der Waals surface area contributed by atoms with Crippen molar-refractivity contribution in [1.82, 2.24) is 4.90 Å². The van der Waals surface area contributed by atoms with Gasteiger partial charge in [-0.25, -0.2) is 0 Å². The third kappa shape index (κ3) is 4.14. The van der Waals surface area contributed by atoms with Crippen LogP contribution in [0, 0.1) is 5.92 Å². The molecule has 1 saturated heterocycles. The number of rotatable bonds is 4. The average Bonchev–Trinajstić information content (AvgIpc) is 2.48. The summed E-state index contributed by atoms with van der Waals surface area (Å²) in [6.45, 7) is 6.98. The van der Waals surface area contributed by atoms with Crippen molar-refractivity contribution in [1.29, 1.82) is 0 Å². The van der Waals surface area contributed by atoms with E-state index in [4.69, 9.17) is 16.3 Å². The van der Waals surface area contributed by atoms with Gasteiger partial charge < -0.3 is 14.7 Å². The molecule has 5 heteroatoms. The van der Waals surface area contributed by atoms with E-state index < -0.39 is 0 Å². The molecule has 0 bridgehead atoms. The normalized spacial score (nSPS) is 17.6. The maximum Gasteiger partial charge on any atom is 0.257 e. The largest absolute Gasteiger partial charge is 0.490 e.